The van der Waals surface area contributed by atoms with Crippen LogP contribution in [0.25, 0.3) is 0 Å². The fourth-order valence-corrected chi connectivity index (χ4v) is 4.93. The fourth-order valence-electron chi connectivity index (χ4n) is 4.02. The molecule has 6 heteroatoms. The van der Waals surface area contributed by atoms with Crippen LogP contribution < -0.4 is 0 Å². The average molecular weight is 437 g/mol. The molecule has 1 aromatic heterocycles. The van der Waals surface area contributed by atoms with Gasteiger partial charge in [0.15, 0.2) is 5.78 Å². The molecular weight excluding hydrogens is 400 g/mol. The minimum absolute atomic E-state index is 0.0161. The van der Waals surface area contributed by atoms with Gasteiger partial charge in [-0.25, -0.2) is 0 Å². The van der Waals surface area contributed by atoms with Crippen LogP contribution in [0.2, 0.25) is 0 Å². The van der Waals surface area contributed by atoms with Crippen LogP contribution in [0.15, 0.2) is 36.4 Å². The van der Waals surface area contributed by atoms with Crippen LogP contribution in [0.5, 0.6) is 0 Å². The molecule has 5 atom stereocenters. The van der Waals surface area contributed by atoms with Crippen molar-refractivity contribution in [2.24, 2.45) is 11.8 Å². The molecule has 1 fully saturated rings. The van der Waals surface area contributed by atoms with Crippen LogP contribution in [-0.2, 0) is 16.0 Å². The minimum atomic E-state index is -0.547. The van der Waals surface area contributed by atoms with Crippen LogP contribution >= 0.6 is 11.3 Å². The molecule has 0 aliphatic heterocycles. The molecule has 30 heavy (non-hydrogen) atoms. The molecule has 0 bridgehead atoms. The summed E-state index contributed by atoms with van der Waals surface area (Å²) in [6.07, 6.45) is 11.8. The second kappa shape index (κ2) is 13.2. The number of aliphatic hydroxyl groups excluding tert-OH is 3. The summed E-state index contributed by atoms with van der Waals surface area (Å²) < 4.78 is 5.60. The number of unbranched alkanes of at least 4 members (excludes halogenated alkanes) is 1. The van der Waals surface area contributed by atoms with Crippen molar-refractivity contribution in [3.63, 3.8) is 0 Å². The van der Waals surface area contributed by atoms with Gasteiger partial charge in [0.1, 0.15) is 6.61 Å². The first-order chi connectivity index (χ1) is 14.4. The number of allylic oxidation sites excluding steroid dienone is 2. The summed E-state index contributed by atoms with van der Waals surface area (Å²) in [5.74, 6) is -0.254. The van der Waals surface area contributed by atoms with E-state index in [2.05, 4.69) is 19.1 Å². The third-order valence-electron chi connectivity index (χ3n) is 5.82. The highest BCUT2D eigenvalue weighted by atomic mass is 32.1. The van der Waals surface area contributed by atoms with E-state index in [0.717, 1.165) is 19.3 Å². The van der Waals surface area contributed by atoms with Crippen LogP contribution in [0.1, 0.15) is 48.3 Å². The lowest BCUT2D eigenvalue weighted by Gasteiger charge is -2.20. The molecule has 0 saturated heterocycles. The predicted molar refractivity (Wildman–Crippen MR) is 121 cm³/mol. The molecule has 0 radical (unpaired) electrons. The third-order valence-corrected chi connectivity index (χ3v) is 6.88. The Labute approximate surface area is 184 Å². The smallest absolute Gasteiger partial charge is 0.158 e. The van der Waals surface area contributed by atoms with Gasteiger partial charge in [-0.3, -0.25) is 4.79 Å². The lowest BCUT2D eigenvalue weighted by atomic mass is 9.89. The second-order valence-electron chi connectivity index (χ2n) is 8.12. The van der Waals surface area contributed by atoms with Gasteiger partial charge in [0.2, 0.25) is 0 Å². The lowest BCUT2D eigenvalue weighted by molar-refractivity contribution is -0.121. The maximum Gasteiger partial charge on any atom is 0.158 e. The molecule has 2 rings (SSSR count). The Balaban J connectivity index is 1.85. The largest absolute Gasteiger partial charge is 0.393 e. The van der Waals surface area contributed by atoms with Gasteiger partial charge in [-0.1, -0.05) is 24.3 Å². The first kappa shape index (κ1) is 25.0. The van der Waals surface area contributed by atoms with Crippen LogP contribution in [-0.4, -0.2) is 53.1 Å². The van der Waals surface area contributed by atoms with E-state index in [9.17, 15) is 15.0 Å². The summed E-state index contributed by atoms with van der Waals surface area (Å²) in [6.45, 7) is 1.72. The molecule has 0 spiro atoms. The molecule has 1 aliphatic carbocycles. The Kier molecular flexibility index (Phi) is 11.0. The Bertz CT molecular complexity index is 696. The fraction of sp³-hybridized carbons (Fsp3) is 0.625. The van der Waals surface area contributed by atoms with E-state index in [0.29, 0.717) is 25.7 Å². The Morgan fingerprint density at radius 2 is 2.10 bits per heavy atom. The number of thiophene rings is 1. The predicted octanol–water partition coefficient (Wildman–Crippen LogP) is 3.60. The van der Waals surface area contributed by atoms with Crippen LogP contribution in [0.4, 0.5) is 0 Å². The highest BCUT2D eigenvalue weighted by Crippen LogP contribution is 2.36. The van der Waals surface area contributed by atoms with E-state index in [1.54, 1.807) is 7.11 Å². The standard InChI is InChI=1S/C24H36O5S/c1-17-9-12-20(30-17)13-10-19(29-2)11-14-22-21(23(27)15-24(22)28)8-6-4-3-5-7-18(26)16-25/h4,6,9,11-12,14,19,21-25,27-28H,3,5,7-8,10,13,15-16H2,1-2H3/t19?,21-,22-,23+,24-/m1/s1. The SMILES string of the molecule is COC(C=C[C@@H]1[C@@H](CC=CCCCC(=O)CO)[C@@H](O)C[C@H]1O)CCc1ccc(C)s1. The third kappa shape index (κ3) is 8.08. The molecule has 168 valence electrons. The number of carbonyl (C=O) groups is 1. The van der Waals surface area contributed by atoms with Crippen LogP contribution in [0, 0.1) is 18.8 Å². The maximum atomic E-state index is 11.1. The molecule has 0 aromatic carbocycles. The van der Waals surface area contributed by atoms with Gasteiger partial charge in [0.05, 0.1) is 18.3 Å². The van der Waals surface area contributed by atoms with Crippen molar-refractivity contribution in [3.8, 4) is 0 Å². The van der Waals surface area contributed by atoms with Crippen molar-refractivity contribution in [1.82, 2.24) is 0 Å². The molecule has 3 N–H and O–H groups in total. The summed E-state index contributed by atoms with van der Waals surface area (Å²) in [5, 5.41) is 29.5. The zero-order valence-corrected chi connectivity index (χ0v) is 18.9. The van der Waals surface area contributed by atoms with E-state index in [1.807, 2.05) is 35.6 Å². The molecule has 1 aromatic rings. The number of ether oxygens (including phenoxy) is 1. The zero-order valence-electron chi connectivity index (χ0n) is 18.1. The number of aliphatic hydroxyl groups is 3. The van der Waals surface area contributed by atoms with Gasteiger partial charge in [-0.15, -0.1) is 11.3 Å². The Morgan fingerprint density at radius 1 is 1.30 bits per heavy atom. The number of Topliss-reactive ketones (excluding diaryl/α,β-unsaturated/α-hetero) is 1. The first-order valence-corrected chi connectivity index (χ1v) is 11.7. The van der Waals surface area contributed by atoms with E-state index >= 15 is 0 Å². The lowest BCUT2D eigenvalue weighted by Crippen LogP contribution is -2.20. The van der Waals surface area contributed by atoms with E-state index in [-0.39, 0.29) is 30.3 Å². The summed E-state index contributed by atoms with van der Waals surface area (Å²) in [7, 11) is 1.70. The van der Waals surface area contributed by atoms with Crippen molar-refractivity contribution >= 4 is 17.1 Å². The Hall–Kier alpha value is -1.31. The van der Waals surface area contributed by atoms with Gasteiger partial charge in [0.25, 0.3) is 0 Å². The van der Waals surface area contributed by atoms with Crippen molar-refractivity contribution in [2.75, 3.05) is 13.7 Å². The molecule has 1 saturated carbocycles. The summed E-state index contributed by atoms with van der Waals surface area (Å²) >= 11 is 1.81. The highest BCUT2D eigenvalue weighted by Gasteiger charge is 2.39. The molecule has 5 nitrogen and oxygen atoms in total. The summed E-state index contributed by atoms with van der Waals surface area (Å²) in [5.41, 5.74) is 0. The average Bonchev–Trinajstić information content (AvgIpc) is 3.26. The monoisotopic (exact) mass is 436 g/mol. The topological polar surface area (TPSA) is 87.0 Å². The van der Waals surface area contributed by atoms with Crippen molar-refractivity contribution < 1.29 is 24.9 Å². The number of ketones is 1. The number of hydrogen-bond donors (Lipinski definition) is 3. The van der Waals surface area contributed by atoms with E-state index in [1.165, 1.54) is 9.75 Å². The van der Waals surface area contributed by atoms with Gasteiger partial charge in [-0.05, 0) is 57.1 Å². The summed E-state index contributed by atoms with van der Waals surface area (Å²) in [4.78, 5) is 13.8. The maximum absolute atomic E-state index is 11.1. The highest BCUT2D eigenvalue weighted by molar-refractivity contribution is 7.11. The van der Waals surface area contributed by atoms with Gasteiger partial charge in [0, 0.05) is 35.6 Å². The number of carbonyl (C=O) groups excluding carboxylic acids is 1. The summed E-state index contributed by atoms with van der Waals surface area (Å²) in [6, 6.07) is 4.30. The molecule has 1 heterocycles. The number of hydrogen-bond acceptors (Lipinski definition) is 6. The van der Waals surface area contributed by atoms with Crippen LogP contribution in [0.3, 0.4) is 0 Å². The molecule has 1 unspecified atom stereocenters. The molecule has 0 amide bonds. The van der Waals surface area contributed by atoms with Crippen molar-refractivity contribution in [2.45, 2.75) is 70.2 Å². The molecular formula is C24H36O5S. The Morgan fingerprint density at radius 3 is 2.77 bits per heavy atom. The number of methoxy groups -OCH3 is 1. The van der Waals surface area contributed by atoms with E-state index in [4.69, 9.17) is 9.84 Å². The molecule has 1 aliphatic rings. The quantitative estimate of drug-likeness (QED) is 0.325. The van der Waals surface area contributed by atoms with E-state index < -0.39 is 12.2 Å². The van der Waals surface area contributed by atoms with Gasteiger partial charge >= 0.3 is 0 Å². The van der Waals surface area contributed by atoms with Crippen molar-refractivity contribution in [1.29, 1.82) is 0 Å². The zero-order chi connectivity index (χ0) is 21.9. The van der Waals surface area contributed by atoms with Gasteiger partial charge < -0.3 is 20.1 Å². The normalized spacial score (nSPS) is 25.5. The van der Waals surface area contributed by atoms with Crippen molar-refractivity contribution in [3.05, 3.63) is 46.2 Å². The second-order valence-corrected chi connectivity index (χ2v) is 9.49. The number of rotatable bonds is 13. The minimum Gasteiger partial charge on any atom is -0.393 e. The first-order valence-electron chi connectivity index (χ1n) is 10.8. The van der Waals surface area contributed by atoms with Gasteiger partial charge in [-0.2, -0.15) is 0 Å². The number of aryl methyl sites for hydroxylation is 2.